The first-order valence-electron chi connectivity index (χ1n) is 4.15. The predicted octanol–water partition coefficient (Wildman–Crippen LogP) is 2.34. The van der Waals surface area contributed by atoms with Gasteiger partial charge < -0.3 is 5.73 Å². The quantitative estimate of drug-likeness (QED) is 0.682. The Bertz CT molecular complexity index is 217. The standard InChI is InChI=1S/C9H13NS/c10-8-4-3-7(6-8)9-2-1-5-11-9/h1-2,5,7-8H,3-4,6,10H2. The number of rotatable bonds is 1. The molecule has 60 valence electrons. The highest BCUT2D eigenvalue weighted by Crippen LogP contribution is 2.35. The molecule has 2 heteroatoms. The zero-order valence-electron chi connectivity index (χ0n) is 6.49. The molecule has 0 aromatic carbocycles. The summed E-state index contributed by atoms with van der Waals surface area (Å²) in [4.78, 5) is 1.53. The third-order valence-corrected chi connectivity index (χ3v) is 3.45. The second kappa shape index (κ2) is 2.95. The smallest absolute Gasteiger partial charge is 0.00767 e. The third kappa shape index (κ3) is 1.47. The van der Waals surface area contributed by atoms with Crippen LogP contribution in [-0.4, -0.2) is 6.04 Å². The molecule has 2 N–H and O–H groups in total. The Morgan fingerprint density at radius 1 is 1.45 bits per heavy atom. The molecule has 1 aliphatic rings. The van der Waals surface area contributed by atoms with Crippen LogP contribution in [0.25, 0.3) is 0 Å². The Morgan fingerprint density at radius 2 is 2.36 bits per heavy atom. The first kappa shape index (κ1) is 7.32. The largest absolute Gasteiger partial charge is 0.328 e. The van der Waals surface area contributed by atoms with Crippen molar-refractivity contribution in [3.05, 3.63) is 22.4 Å². The van der Waals surface area contributed by atoms with Crippen molar-refractivity contribution in [3.8, 4) is 0 Å². The lowest BCUT2D eigenvalue weighted by Crippen LogP contribution is -2.14. The number of nitrogens with two attached hydrogens (primary N) is 1. The summed E-state index contributed by atoms with van der Waals surface area (Å²) in [5.74, 6) is 0.769. The monoisotopic (exact) mass is 167 g/mol. The van der Waals surface area contributed by atoms with E-state index in [2.05, 4.69) is 17.5 Å². The molecule has 2 atom stereocenters. The lowest BCUT2D eigenvalue weighted by molar-refractivity contribution is 0.680. The number of hydrogen-bond donors (Lipinski definition) is 1. The molecule has 1 saturated carbocycles. The molecule has 0 bridgehead atoms. The molecule has 1 aromatic heterocycles. The summed E-state index contributed by atoms with van der Waals surface area (Å²) in [5.41, 5.74) is 5.84. The van der Waals surface area contributed by atoms with Gasteiger partial charge >= 0.3 is 0 Å². The molecule has 11 heavy (non-hydrogen) atoms. The van der Waals surface area contributed by atoms with Gasteiger partial charge in [-0.25, -0.2) is 0 Å². The topological polar surface area (TPSA) is 26.0 Å². The van der Waals surface area contributed by atoms with Crippen LogP contribution in [0.15, 0.2) is 17.5 Å². The minimum atomic E-state index is 0.460. The fourth-order valence-electron chi connectivity index (χ4n) is 1.80. The van der Waals surface area contributed by atoms with Crippen LogP contribution in [-0.2, 0) is 0 Å². The van der Waals surface area contributed by atoms with Gasteiger partial charge in [0.25, 0.3) is 0 Å². The van der Waals surface area contributed by atoms with Crippen LogP contribution in [0, 0.1) is 0 Å². The lowest BCUT2D eigenvalue weighted by Gasteiger charge is -2.04. The number of hydrogen-bond acceptors (Lipinski definition) is 2. The van der Waals surface area contributed by atoms with Gasteiger partial charge in [0.2, 0.25) is 0 Å². The molecule has 1 heterocycles. The summed E-state index contributed by atoms with van der Waals surface area (Å²) in [6.07, 6.45) is 3.70. The van der Waals surface area contributed by atoms with Crippen molar-refractivity contribution >= 4 is 11.3 Å². The van der Waals surface area contributed by atoms with Gasteiger partial charge in [0, 0.05) is 10.9 Å². The van der Waals surface area contributed by atoms with Crippen molar-refractivity contribution in [1.29, 1.82) is 0 Å². The summed E-state index contributed by atoms with van der Waals surface area (Å²) in [7, 11) is 0. The lowest BCUT2D eigenvalue weighted by atomic mass is 10.1. The summed E-state index contributed by atoms with van der Waals surface area (Å²) in [6, 6.07) is 4.82. The van der Waals surface area contributed by atoms with E-state index in [1.54, 1.807) is 0 Å². The van der Waals surface area contributed by atoms with Crippen molar-refractivity contribution < 1.29 is 0 Å². The second-order valence-electron chi connectivity index (χ2n) is 3.29. The summed E-state index contributed by atoms with van der Waals surface area (Å²) >= 11 is 1.87. The molecule has 2 rings (SSSR count). The van der Waals surface area contributed by atoms with Gasteiger partial charge in [-0.3, -0.25) is 0 Å². The van der Waals surface area contributed by atoms with E-state index in [0.717, 1.165) is 5.92 Å². The molecular formula is C9H13NS. The maximum absolute atomic E-state index is 5.84. The minimum Gasteiger partial charge on any atom is -0.328 e. The van der Waals surface area contributed by atoms with Gasteiger partial charge in [-0.05, 0) is 36.6 Å². The van der Waals surface area contributed by atoms with Crippen molar-refractivity contribution in [3.63, 3.8) is 0 Å². The van der Waals surface area contributed by atoms with Crippen molar-refractivity contribution in [2.45, 2.75) is 31.2 Å². The van der Waals surface area contributed by atoms with Gasteiger partial charge in [0.1, 0.15) is 0 Å². The van der Waals surface area contributed by atoms with Crippen molar-refractivity contribution in [1.82, 2.24) is 0 Å². The molecule has 1 fully saturated rings. The Hall–Kier alpha value is -0.340. The Balaban J connectivity index is 2.08. The van der Waals surface area contributed by atoms with Crippen LogP contribution in [0.4, 0.5) is 0 Å². The maximum Gasteiger partial charge on any atom is 0.00767 e. The molecule has 1 aliphatic carbocycles. The molecular weight excluding hydrogens is 154 g/mol. The highest BCUT2D eigenvalue weighted by atomic mass is 32.1. The van der Waals surface area contributed by atoms with E-state index in [1.807, 2.05) is 11.3 Å². The van der Waals surface area contributed by atoms with Crippen LogP contribution in [0.3, 0.4) is 0 Å². The molecule has 0 spiro atoms. The Kier molecular flexibility index (Phi) is 1.96. The van der Waals surface area contributed by atoms with Crippen LogP contribution in [0.5, 0.6) is 0 Å². The Morgan fingerprint density at radius 3 is 2.91 bits per heavy atom. The molecule has 1 aromatic rings. The van der Waals surface area contributed by atoms with Gasteiger partial charge in [0.15, 0.2) is 0 Å². The van der Waals surface area contributed by atoms with Crippen LogP contribution >= 0.6 is 11.3 Å². The van der Waals surface area contributed by atoms with E-state index in [0.29, 0.717) is 6.04 Å². The van der Waals surface area contributed by atoms with Gasteiger partial charge in [0.05, 0.1) is 0 Å². The molecule has 0 amide bonds. The highest BCUT2D eigenvalue weighted by Gasteiger charge is 2.23. The summed E-state index contributed by atoms with van der Waals surface area (Å²) in [6.45, 7) is 0. The average Bonchev–Trinajstić information content (AvgIpc) is 2.55. The summed E-state index contributed by atoms with van der Waals surface area (Å²) in [5, 5.41) is 2.15. The second-order valence-corrected chi connectivity index (χ2v) is 4.26. The fourth-order valence-corrected chi connectivity index (χ4v) is 2.68. The first-order chi connectivity index (χ1) is 5.36. The van der Waals surface area contributed by atoms with E-state index in [1.165, 1.54) is 24.1 Å². The molecule has 0 aliphatic heterocycles. The average molecular weight is 167 g/mol. The molecule has 2 unspecified atom stereocenters. The number of thiophene rings is 1. The minimum absolute atomic E-state index is 0.460. The molecule has 0 saturated heterocycles. The van der Waals surface area contributed by atoms with Gasteiger partial charge in [-0.1, -0.05) is 6.07 Å². The van der Waals surface area contributed by atoms with E-state index in [4.69, 9.17) is 5.73 Å². The normalized spacial score (nSPS) is 31.0. The SMILES string of the molecule is NC1CCC(c2cccs2)C1. The highest BCUT2D eigenvalue weighted by molar-refractivity contribution is 7.10. The molecule has 1 nitrogen and oxygen atoms in total. The molecule has 0 radical (unpaired) electrons. The van der Waals surface area contributed by atoms with Crippen LogP contribution in [0.2, 0.25) is 0 Å². The maximum atomic E-state index is 5.84. The van der Waals surface area contributed by atoms with Crippen molar-refractivity contribution in [2.75, 3.05) is 0 Å². The van der Waals surface area contributed by atoms with Gasteiger partial charge in [-0.2, -0.15) is 0 Å². The third-order valence-electron chi connectivity index (χ3n) is 2.42. The zero-order valence-corrected chi connectivity index (χ0v) is 7.31. The van der Waals surface area contributed by atoms with Crippen molar-refractivity contribution in [2.24, 2.45) is 5.73 Å². The predicted molar refractivity (Wildman–Crippen MR) is 48.9 cm³/mol. The fraction of sp³-hybridized carbons (Fsp3) is 0.556. The van der Waals surface area contributed by atoms with E-state index in [9.17, 15) is 0 Å². The van der Waals surface area contributed by atoms with E-state index in [-0.39, 0.29) is 0 Å². The van der Waals surface area contributed by atoms with E-state index < -0.39 is 0 Å². The first-order valence-corrected chi connectivity index (χ1v) is 5.03. The van der Waals surface area contributed by atoms with Crippen LogP contribution in [0.1, 0.15) is 30.1 Å². The Labute approximate surface area is 71.2 Å². The zero-order chi connectivity index (χ0) is 7.68. The van der Waals surface area contributed by atoms with Crippen LogP contribution < -0.4 is 5.73 Å². The summed E-state index contributed by atoms with van der Waals surface area (Å²) < 4.78 is 0. The van der Waals surface area contributed by atoms with E-state index >= 15 is 0 Å². The van der Waals surface area contributed by atoms with Gasteiger partial charge in [-0.15, -0.1) is 11.3 Å².